The van der Waals surface area contributed by atoms with Crippen LogP contribution in [0.25, 0.3) is 0 Å². The summed E-state index contributed by atoms with van der Waals surface area (Å²) in [6, 6.07) is 18.4. The molecule has 4 aliphatic rings. The van der Waals surface area contributed by atoms with Crippen molar-refractivity contribution in [3.8, 4) is 11.6 Å². The molecule has 12 heteroatoms. The summed E-state index contributed by atoms with van der Waals surface area (Å²) in [6.45, 7) is 11.1. The molecule has 8 rings (SSSR count). The topological polar surface area (TPSA) is 120 Å². The number of carbonyl (C=O) groups is 3. The van der Waals surface area contributed by atoms with E-state index in [1.165, 1.54) is 0 Å². The van der Waals surface area contributed by atoms with E-state index in [0.29, 0.717) is 30.0 Å². The van der Waals surface area contributed by atoms with Crippen LogP contribution in [0, 0.1) is 23.6 Å². The number of carbonyl (C=O) groups excluding carboxylic acids is 3. The van der Waals surface area contributed by atoms with Crippen molar-refractivity contribution in [2.75, 3.05) is 14.1 Å². The zero-order valence-corrected chi connectivity index (χ0v) is 33.5. The van der Waals surface area contributed by atoms with Gasteiger partial charge in [-0.25, -0.2) is 4.39 Å². The van der Waals surface area contributed by atoms with Gasteiger partial charge in [0.1, 0.15) is 30.3 Å². The molecule has 55 heavy (non-hydrogen) atoms. The normalized spacial score (nSPS) is 24.6. The van der Waals surface area contributed by atoms with Crippen LogP contribution in [-0.4, -0.2) is 55.4 Å². The molecule has 1 fully saturated rings. The van der Waals surface area contributed by atoms with E-state index in [1.54, 1.807) is 0 Å². The number of hydrogen-bond donors (Lipinski definition) is 1. The van der Waals surface area contributed by atoms with Crippen LogP contribution < -0.4 is 14.8 Å². The third kappa shape index (κ3) is 5.91. The van der Waals surface area contributed by atoms with Gasteiger partial charge in [0, 0.05) is 35.7 Å². The molecule has 3 aromatic carbocycles. The monoisotopic (exact) mass is 765 g/mol. The molecule has 1 unspecified atom stereocenters. The summed E-state index contributed by atoms with van der Waals surface area (Å²) >= 11 is 0. The van der Waals surface area contributed by atoms with Gasteiger partial charge in [-0.05, 0) is 67.3 Å². The number of ether oxygens (including phenoxy) is 2. The van der Waals surface area contributed by atoms with E-state index in [2.05, 4.69) is 10.5 Å². The highest BCUT2D eigenvalue weighted by Gasteiger charge is 2.70. The second-order valence-electron chi connectivity index (χ2n) is 17.2. The van der Waals surface area contributed by atoms with Crippen molar-refractivity contribution in [2.24, 2.45) is 17.8 Å². The number of ketones is 3. The maximum Gasteiger partial charge on any atom is 0.265 e. The third-order valence-corrected chi connectivity index (χ3v) is 17.1. The molecule has 1 N–H and O–H groups in total. The first kappa shape index (κ1) is 37.4. The number of fused-ring (bicyclic) bond motifs is 5. The molecule has 0 bridgehead atoms. The highest BCUT2D eigenvalue weighted by atomic mass is 28.4. The fourth-order valence-corrected chi connectivity index (χ4v) is 10.4. The number of rotatable bonds is 9. The van der Waals surface area contributed by atoms with E-state index >= 15 is 18.8 Å². The van der Waals surface area contributed by atoms with Crippen molar-refractivity contribution < 1.29 is 37.2 Å². The molecule has 10 nitrogen and oxygen atoms in total. The zero-order chi connectivity index (χ0) is 39.0. The molecular formula is C43H48FN3O7Si. The maximum atomic E-state index is 16.6. The van der Waals surface area contributed by atoms with Crippen LogP contribution in [0.3, 0.4) is 0 Å². The first-order chi connectivity index (χ1) is 26.2. The average molecular weight is 766 g/mol. The van der Waals surface area contributed by atoms with E-state index in [1.807, 2.05) is 114 Å². The van der Waals surface area contributed by atoms with Gasteiger partial charge in [0.05, 0.1) is 17.5 Å². The van der Waals surface area contributed by atoms with Crippen LogP contribution >= 0.6 is 0 Å². The second kappa shape index (κ2) is 13.6. The molecule has 5 atom stereocenters. The van der Waals surface area contributed by atoms with Gasteiger partial charge in [-0.3, -0.25) is 19.3 Å². The lowest BCUT2D eigenvalue weighted by atomic mass is 9.54. The lowest BCUT2D eigenvalue weighted by Crippen LogP contribution is -2.70. The Morgan fingerprint density at radius 2 is 1.53 bits per heavy atom. The molecule has 0 saturated heterocycles. The van der Waals surface area contributed by atoms with E-state index < -0.39 is 65.9 Å². The van der Waals surface area contributed by atoms with Crippen molar-refractivity contribution in [2.45, 2.75) is 89.7 Å². The van der Waals surface area contributed by atoms with Gasteiger partial charge in [-0.2, -0.15) is 0 Å². The van der Waals surface area contributed by atoms with Crippen LogP contribution in [0.4, 0.5) is 4.39 Å². The summed E-state index contributed by atoms with van der Waals surface area (Å²) in [5.41, 5.74) is 1.18. The molecule has 1 aromatic heterocycles. The minimum absolute atomic E-state index is 0.0238. The molecule has 3 aliphatic carbocycles. The summed E-state index contributed by atoms with van der Waals surface area (Å²) < 4.78 is 42.4. The molecule has 1 saturated carbocycles. The van der Waals surface area contributed by atoms with Gasteiger partial charge in [0.15, 0.2) is 31.2 Å². The van der Waals surface area contributed by atoms with E-state index in [4.69, 9.17) is 18.4 Å². The highest BCUT2D eigenvalue weighted by molar-refractivity contribution is 6.74. The number of nitrogens with zero attached hydrogens (tertiary/aromatic N) is 2. The quantitative estimate of drug-likeness (QED) is 0.136. The molecule has 0 amide bonds. The van der Waals surface area contributed by atoms with E-state index in [-0.39, 0.29) is 54.4 Å². The van der Waals surface area contributed by atoms with Gasteiger partial charge >= 0.3 is 0 Å². The standard InChI is InChI=1S/C43H48FN3O7Si/c1-42(2,3)55(6,7)54-43-30(35(47(4)5)38-33(40(43)50)41(46-53-38)52-23-25-16-12-9-13-17-25)19-26-18-27-32(36(48)31(26)39(43)49)37(29-21-45-20-28(29)34(27)44)51-22-24-14-10-8-11-15-24/h8-17,26,30-31,35,45H,18-23H2,1-7H3/t26-,30-,31?,35-,43-/m0/s1. The largest absolute Gasteiger partial charge is 0.488 e. The second-order valence-corrected chi connectivity index (χ2v) is 21.9. The maximum absolute atomic E-state index is 16.6. The van der Waals surface area contributed by atoms with Crippen LogP contribution in [0.1, 0.15) is 87.5 Å². The summed E-state index contributed by atoms with van der Waals surface area (Å²) in [5, 5.41) is 7.08. The molecule has 288 valence electrons. The van der Waals surface area contributed by atoms with Crippen molar-refractivity contribution in [3.63, 3.8) is 0 Å². The summed E-state index contributed by atoms with van der Waals surface area (Å²) in [6.07, 6.45) is 0.369. The molecule has 0 spiro atoms. The first-order valence-electron chi connectivity index (χ1n) is 19.1. The third-order valence-electron chi connectivity index (χ3n) is 12.6. The number of nitrogens with one attached hydrogen (secondary N) is 1. The fourth-order valence-electron chi connectivity index (χ4n) is 8.93. The zero-order valence-electron chi connectivity index (χ0n) is 32.5. The molecular weight excluding hydrogens is 718 g/mol. The summed E-state index contributed by atoms with van der Waals surface area (Å²) in [5.74, 6) is -4.21. The first-order valence-corrected chi connectivity index (χ1v) is 22.0. The number of benzene rings is 3. The van der Waals surface area contributed by atoms with Gasteiger partial charge in [0.25, 0.3) is 5.88 Å². The summed E-state index contributed by atoms with van der Waals surface area (Å²) in [7, 11) is 0.782. The van der Waals surface area contributed by atoms with Gasteiger partial charge < -0.3 is 23.7 Å². The Balaban J connectivity index is 1.28. The van der Waals surface area contributed by atoms with Crippen molar-refractivity contribution in [1.29, 1.82) is 0 Å². The Hall–Kier alpha value is -4.49. The number of halogens is 1. The number of aromatic nitrogens is 1. The molecule has 4 aromatic rings. The Labute approximate surface area is 321 Å². The summed E-state index contributed by atoms with van der Waals surface area (Å²) in [4.78, 5) is 48.3. The van der Waals surface area contributed by atoms with Gasteiger partial charge in [-0.1, -0.05) is 81.4 Å². The molecule has 1 aliphatic heterocycles. The molecule has 0 radical (unpaired) electrons. The predicted octanol–water partition coefficient (Wildman–Crippen LogP) is 7.39. The Bertz CT molecular complexity index is 2180. The fraction of sp³-hybridized carbons (Fsp3) is 0.442. The van der Waals surface area contributed by atoms with Crippen LogP contribution in [0.2, 0.25) is 18.1 Å². The Morgan fingerprint density at radius 1 is 0.909 bits per heavy atom. The van der Waals surface area contributed by atoms with Crippen molar-refractivity contribution in [3.05, 3.63) is 111 Å². The Kier molecular flexibility index (Phi) is 9.26. The highest BCUT2D eigenvalue weighted by Crippen LogP contribution is 2.59. The van der Waals surface area contributed by atoms with Gasteiger partial charge in [-0.15, -0.1) is 0 Å². The predicted molar refractivity (Wildman–Crippen MR) is 205 cm³/mol. The van der Waals surface area contributed by atoms with Crippen LogP contribution in [0.15, 0.2) is 65.2 Å². The SMILES string of the molecule is CN(C)[C@@H]1c2onc(OCc3ccccc3)c2C(=O)[C@@]2(O[Si](C)(C)C(C)(C)C)C(=O)C3C(=O)c4c(c(F)c5c(c4OCc4ccccc4)CNC5)C[C@H]3C[C@@H]12. The smallest absolute Gasteiger partial charge is 0.265 e. The minimum atomic E-state index is -2.94. The lowest BCUT2D eigenvalue weighted by Gasteiger charge is -2.56. The van der Waals surface area contributed by atoms with Gasteiger partial charge in [0.2, 0.25) is 5.78 Å². The van der Waals surface area contributed by atoms with Crippen molar-refractivity contribution in [1.82, 2.24) is 15.4 Å². The number of hydrogen-bond acceptors (Lipinski definition) is 10. The van der Waals surface area contributed by atoms with Crippen LogP contribution in [-0.2, 0) is 41.9 Å². The van der Waals surface area contributed by atoms with Crippen LogP contribution in [0.5, 0.6) is 11.6 Å². The minimum Gasteiger partial charge on any atom is -0.488 e. The number of Topliss-reactive ketones (excluding diaryl/α,β-unsaturated/α-hetero) is 3. The lowest BCUT2D eigenvalue weighted by molar-refractivity contribution is -0.151. The van der Waals surface area contributed by atoms with Crippen molar-refractivity contribution >= 4 is 25.7 Å². The average Bonchev–Trinajstić information content (AvgIpc) is 3.81. The van der Waals surface area contributed by atoms with E-state index in [9.17, 15) is 0 Å². The Morgan fingerprint density at radius 3 is 2.15 bits per heavy atom. The molecule has 2 heterocycles. The van der Waals surface area contributed by atoms with E-state index in [0.717, 1.165) is 11.1 Å².